The summed E-state index contributed by atoms with van der Waals surface area (Å²) in [5.74, 6) is 0. The summed E-state index contributed by atoms with van der Waals surface area (Å²) in [5, 5.41) is 0. The molecule has 0 fully saturated rings. The SMILES string of the molecule is [Ag].[O]=[AlH].[O]=[AlH].[Zn].[Zn]. The van der Waals surface area contributed by atoms with Crippen LogP contribution >= 0.6 is 0 Å². The van der Waals surface area contributed by atoms with E-state index in [4.69, 9.17) is 7.61 Å². The molecule has 0 aliphatic rings. The zero-order valence-corrected chi connectivity index (χ0v) is 14.2. The van der Waals surface area contributed by atoms with Crippen molar-refractivity contribution in [1.29, 1.82) is 0 Å². The Morgan fingerprint density at radius 2 is 0.714 bits per heavy atom. The second-order valence-corrected chi connectivity index (χ2v) is 0. The van der Waals surface area contributed by atoms with Gasteiger partial charge in [0.1, 0.15) is 0 Å². The van der Waals surface area contributed by atoms with E-state index in [0.29, 0.717) is 32.4 Å². The number of hydrogen-bond donors (Lipinski definition) is 0. The molecule has 0 spiro atoms. The fourth-order valence-corrected chi connectivity index (χ4v) is 0. The van der Waals surface area contributed by atoms with E-state index in [1.54, 1.807) is 0 Å². The Morgan fingerprint density at radius 1 is 0.714 bits per heavy atom. The van der Waals surface area contributed by atoms with Crippen molar-refractivity contribution in [3.05, 3.63) is 0 Å². The average Bonchev–Trinajstić information content (AvgIpc) is 1.50. The maximum atomic E-state index is 8.28. The van der Waals surface area contributed by atoms with Crippen molar-refractivity contribution in [2.24, 2.45) is 0 Å². The molecule has 0 atom stereocenters. The van der Waals surface area contributed by atoms with Crippen LogP contribution in [0.15, 0.2) is 0 Å². The molecular weight excluding hydrogens is 325 g/mol. The fourth-order valence-electron chi connectivity index (χ4n) is 0. The largest absolute Gasteiger partial charge is 0 e. The minimum Gasteiger partial charge on any atom is 0 e. The maximum Gasteiger partial charge on any atom is 0 e. The van der Waals surface area contributed by atoms with Crippen molar-refractivity contribution in [3.63, 3.8) is 0 Å². The van der Waals surface area contributed by atoms with Crippen LogP contribution in [0.2, 0.25) is 0 Å². The van der Waals surface area contributed by atoms with Crippen LogP contribution in [0.1, 0.15) is 0 Å². The summed E-state index contributed by atoms with van der Waals surface area (Å²) >= 11 is 1.22. The van der Waals surface area contributed by atoms with Gasteiger partial charge < -0.3 is 0 Å². The minimum atomic E-state index is 0. The van der Waals surface area contributed by atoms with Crippen molar-refractivity contribution in [2.45, 2.75) is 0 Å². The van der Waals surface area contributed by atoms with Gasteiger partial charge in [-0.05, 0) is 0 Å². The standard InChI is InChI=1S/Ag.2Al.2O.2Zn.2H. The maximum absolute atomic E-state index is 8.28. The molecule has 0 aromatic rings. The molecule has 0 N–H and O–H groups in total. The van der Waals surface area contributed by atoms with Crippen molar-refractivity contribution in [3.8, 4) is 0 Å². The van der Waals surface area contributed by atoms with Gasteiger partial charge in [0.2, 0.25) is 0 Å². The van der Waals surface area contributed by atoms with Gasteiger partial charge >= 0.3 is 40.1 Å². The van der Waals surface area contributed by atoms with Gasteiger partial charge in [-0.1, -0.05) is 0 Å². The second kappa shape index (κ2) is 72.0. The molecule has 0 rings (SSSR count). The third-order valence-electron chi connectivity index (χ3n) is 0. The summed E-state index contributed by atoms with van der Waals surface area (Å²) in [6.45, 7) is 0. The Morgan fingerprint density at radius 3 is 0.714 bits per heavy atom. The smallest absolute Gasteiger partial charge is 0 e. The summed E-state index contributed by atoms with van der Waals surface area (Å²) in [7, 11) is 0. The minimum absolute atomic E-state index is 0. The molecule has 0 aliphatic heterocycles. The van der Waals surface area contributed by atoms with Crippen LogP contribution in [0, 0.1) is 0 Å². The van der Waals surface area contributed by atoms with Crippen LogP contribution in [-0.4, -0.2) is 32.4 Å². The predicted molar refractivity (Wildman–Crippen MR) is 15.7 cm³/mol. The number of rotatable bonds is 0. The Bertz CT molecular complexity index is 15.7. The molecule has 7 heavy (non-hydrogen) atoms. The zero-order chi connectivity index (χ0) is 4.00. The zero-order valence-electron chi connectivity index (χ0n) is 3.95. The van der Waals surface area contributed by atoms with Crippen LogP contribution < -0.4 is 0 Å². The van der Waals surface area contributed by atoms with Crippen LogP contribution in [-0.2, 0) is 68.9 Å². The van der Waals surface area contributed by atoms with E-state index in [2.05, 4.69) is 0 Å². The molecular formula is H2AgAl2O2Zn2. The summed E-state index contributed by atoms with van der Waals surface area (Å²) in [6, 6.07) is 0. The van der Waals surface area contributed by atoms with Crippen LogP contribution in [0.3, 0.4) is 0 Å². The summed E-state index contributed by atoms with van der Waals surface area (Å²) in [6.07, 6.45) is 0. The molecule has 0 amide bonds. The van der Waals surface area contributed by atoms with Gasteiger partial charge in [0.25, 0.3) is 0 Å². The third kappa shape index (κ3) is 54.4. The van der Waals surface area contributed by atoms with E-state index >= 15 is 0 Å². The van der Waals surface area contributed by atoms with Gasteiger partial charge in [-0.3, -0.25) is 0 Å². The quantitative estimate of drug-likeness (QED) is 0.506. The first-order valence-corrected chi connectivity index (χ1v) is 1.73. The molecule has 0 heterocycles. The molecule has 7 heteroatoms. The summed E-state index contributed by atoms with van der Waals surface area (Å²) < 4.78 is 16.6. The van der Waals surface area contributed by atoms with Crippen LogP contribution in [0.25, 0.3) is 0 Å². The second-order valence-electron chi connectivity index (χ2n) is 0. The van der Waals surface area contributed by atoms with Gasteiger partial charge in [-0.15, -0.1) is 0 Å². The first-order chi connectivity index (χ1) is 2.00. The molecule has 0 bridgehead atoms. The normalized spacial score (nSPS) is 0.857. The first kappa shape index (κ1) is 33.4. The van der Waals surface area contributed by atoms with Gasteiger partial charge in [-0.25, -0.2) is 0 Å². The van der Waals surface area contributed by atoms with E-state index in [1.807, 2.05) is 0 Å². The van der Waals surface area contributed by atoms with Crippen LogP contribution in [0.5, 0.6) is 0 Å². The van der Waals surface area contributed by atoms with E-state index in [9.17, 15) is 0 Å². The van der Waals surface area contributed by atoms with Gasteiger partial charge in [0.15, 0.2) is 0 Å². The van der Waals surface area contributed by atoms with E-state index < -0.39 is 0 Å². The average molecular weight is 327 g/mol. The molecule has 0 unspecified atom stereocenters. The molecule has 0 saturated carbocycles. The topological polar surface area (TPSA) is 34.1 Å². The molecule has 0 saturated heterocycles. The Hall–Kier alpha value is 2.65. The molecule has 0 aromatic heterocycles. The molecule has 2 nitrogen and oxygen atoms in total. The molecule has 35 valence electrons. The third-order valence-corrected chi connectivity index (χ3v) is 0. The van der Waals surface area contributed by atoms with Gasteiger partial charge in [-0.2, -0.15) is 0 Å². The monoisotopic (exact) mass is 323 g/mol. The Kier molecular flexibility index (Phi) is 344. The van der Waals surface area contributed by atoms with E-state index in [1.165, 1.54) is 0 Å². The van der Waals surface area contributed by atoms with Crippen molar-refractivity contribution < 1.29 is 68.9 Å². The predicted octanol–water partition coefficient (Wildman–Crippen LogP) is -1.54. The van der Waals surface area contributed by atoms with Crippen LogP contribution in [0.4, 0.5) is 0 Å². The van der Waals surface area contributed by atoms with E-state index in [-0.39, 0.29) is 61.3 Å². The van der Waals surface area contributed by atoms with Gasteiger partial charge in [0, 0.05) is 61.3 Å². The molecule has 0 aliphatic carbocycles. The summed E-state index contributed by atoms with van der Waals surface area (Å²) in [5.41, 5.74) is 0. The number of hydrogen-bond acceptors (Lipinski definition) is 2. The Labute approximate surface area is 99.9 Å². The molecule has 0 aromatic carbocycles. The first-order valence-electron chi connectivity index (χ1n) is 0.577. The molecule has 1 radical (unpaired) electrons. The van der Waals surface area contributed by atoms with Crippen molar-refractivity contribution >= 4 is 32.4 Å². The fraction of sp³-hybridized carbons (Fsp3) is 0. The van der Waals surface area contributed by atoms with Crippen molar-refractivity contribution in [1.82, 2.24) is 0 Å². The van der Waals surface area contributed by atoms with Gasteiger partial charge in [0.05, 0.1) is 0 Å². The summed E-state index contributed by atoms with van der Waals surface area (Å²) in [4.78, 5) is 0. The van der Waals surface area contributed by atoms with E-state index in [0.717, 1.165) is 0 Å². The Balaban J connectivity index is -0.00000000267. The van der Waals surface area contributed by atoms with Crippen molar-refractivity contribution in [2.75, 3.05) is 0 Å².